The van der Waals surface area contributed by atoms with Gasteiger partial charge in [-0.3, -0.25) is 0 Å². The van der Waals surface area contributed by atoms with Crippen LogP contribution in [0.4, 0.5) is 0 Å². The smallest absolute Gasteiger partial charge is 0.115 e. The van der Waals surface area contributed by atoms with Crippen molar-refractivity contribution in [2.24, 2.45) is 11.7 Å². The number of benzene rings is 1. The normalized spacial score (nSPS) is 19.9. The van der Waals surface area contributed by atoms with E-state index in [4.69, 9.17) is 5.73 Å². The highest BCUT2D eigenvalue weighted by Gasteiger charge is 2.27. The lowest BCUT2D eigenvalue weighted by molar-refractivity contribution is 0.0617. The Labute approximate surface area is 114 Å². The van der Waals surface area contributed by atoms with Crippen molar-refractivity contribution in [3.63, 3.8) is 0 Å². The molecule has 1 fully saturated rings. The molecule has 2 rings (SSSR count). The van der Waals surface area contributed by atoms with E-state index in [1.807, 2.05) is 6.07 Å². The van der Waals surface area contributed by atoms with Crippen molar-refractivity contribution in [2.75, 3.05) is 0 Å². The molecule has 2 atom stereocenters. The van der Waals surface area contributed by atoms with E-state index in [9.17, 15) is 10.2 Å². The molecule has 0 spiro atoms. The zero-order chi connectivity index (χ0) is 12.3. The van der Waals surface area contributed by atoms with Crippen LogP contribution >= 0.6 is 12.4 Å². The minimum Gasteiger partial charge on any atom is -0.508 e. The molecule has 0 heterocycles. The quantitative estimate of drug-likeness (QED) is 0.792. The van der Waals surface area contributed by atoms with Crippen molar-refractivity contribution in [1.29, 1.82) is 0 Å². The molecule has 18 heavy (non-hydrogen) atoms. The van der Waals surface area contributed by atoms with Gasteiger partial charge in [0.1, 0.15) is 5.75 Å². The summed E-state index contributed by atoms with van der Waals surface area (Å²) in [7, 11) is 0. The molecule has 0 bridgehead atoms. The Balaban J connectivity index is 0.00000162. The highest BCUT2D eigenvalue weighted by Crippen LogP contribution is 2.31. The van der Waals surface area contributed by atoms with Gasteiger partial charge in [0.2, 0.25) is 0 Å². The summed E-state index contributed by atoms with van der Waals surface area (Å²) < 4.78 is 0. The predicted octanol–water partition coefficient (Wildman–Crippen LogP) is 2.76. The third kappa shape index (κ3) is 3.61. The number of nitrogens with two attached hydrogens (primary N) is 1. The Hall–Kier alpha value is -0.770. The van der Waals surface area contributed by atoms with Crippen LogP contribution in [0.3, 0.4) is 0 Å². The van der Waals surface area contributed by atoms with E-state index in [1.54, 1.807) is 18.2 Å². The number of hydrogen-bond acceptors (Lipinski definition) is 3. The Bertz CT molecular complexity index is 367. The molecule has 0 saturated heterocycles. The second-order valence-corrected chi connectivity index (χ2v) is 5.01. The van der Waals surface area contributed by atoms with Crippen LogP contribution < -0.4 is 5.73 Å². The van der Waals surface area contributed by atoms with Gasteiger partial charge in [0.15, 0.2) is 0 Å². The molecule has 1 saturated carbocycles. The Morgan fingerprint density at radius 1 is 1.17 bits per heavy atom. The van der Waals surface area contributed by atoms with E-state index in [1.165, 1.54) is 19.3 Å². The van der Waals surface area contributed by atoms with Crippen LogP contribution in [0.15, 0.2) is 24.3 Å². The summed E-state index contributed by atoms with van der Waals surface area (Å²) in [6.45, 7) is 0. The average Bonchev–Trinajstić information content (AvgIpc) is 2.38. The number of phenols is 1. The van der Waals surface area contributed by atoms with E-state index in [0.29, 0.717) is 5.92 Å². The standard InChI is InChI=1S/C14H21NO2.ClH/c15-13(11-7-4-8-12(16)9-11)14(17)10-5-2-1-3-6-10;/h4,7-10,13-14,16-17H,1-3,5-6,15H2;1H/t13-,14+;/m0./s1. The SMILES string of the molecule is Cl.N[C@@H](c1cccc(O)c1)[C@H](O)C1CCCCC1. The summed E-state index contributed by atoms with van der Waals surface area (Å²) in [4.78, 5) is 0. The first-order chi connectivity index (χ1) is 8.18. The topological polar surface area (TPSA) is 66.5 Å². The summed E-state index contributed by atoms with van der Waals surface area (Å²) in [5.41, 5.74) is 6.89. The third-order valence-electron chi connectivity index (χ3n) is 3.76. The fourth-order valence-corrected chi connectivity index (χ4v) is 2.70. The van der Waals surface area contributed by atoms with Gasteiger partial charge in [0, 0.05) is 0 Å². The van der Waals surface area contributed by atoms with Crippen molar-refractivity contribution in [3.8, 4) is 5.75 Å². The van der Waals surface area contributed by atoms with Crippen LogP contribution in [0.25, 0.3) is 0 Å². The van der Waals surface area contributed by atoms with E-state index in [2.05, 4.69) is 0 Å². The number of rotatable bonds is 3. The van der Waals surface area contributed by atoms with Crippen molar-refractivity contribution >= 4 is 12.4 Å². The van der Waals surface area contributed by atoms with E-state index < -0.39 is 12.1 Å². The van der Waals surface area contributed by atoms with Crippen LogP contribution in [0.1, 0.15) is 43.7 Å². The molecule has 1 aliphatic carbocycles. The van der Waals surface area contributed by atoms with Gasteiger partial charge in [-0.05, 0) is 36.5 Å². The van der Waals surface area contributed by atoms with E-state index in [-0.39, 0.29) is 18.2 Å². The fraction of sp³-hybridized carbons (Fsp3) is 0.571. The predicted molar refractivity (Wildman–Crippen MR) is 74.9 cm³/mol. The van der Waals surface area contributed by atoms with Crippen LogP contribution in [0.2, 0.25) is 0 Å². The summed E-state index contributed by atoms with van der Waals surface area (Å²) in [6, 6.07) is 6.47. The van der Waals surface area contributed by atoms with Gasteiger partial charge < -0.3 is 15.9 Å². The van der Waals surface area contributed by atoms with E-state index in [0.717, 1.165) is 18.4 Å². The number of phenolic OH excluding ortho intramolecular Hbond substituents is 1. The van der Waals surface area contributed by atoms with Crippen LogP contribution in [0.5, 0.6) is 5.75 Å². The lowest BCUT2D eigenvalue weighted by Gasteiger charge is -2.30. The number of aromatic hydroxyl groups is 1. The fourth-order valence-electron chi connectivity index (χ4n) is 2.70. The summed E-state index contributed by atoms with van der Waals surface area (Å²) in [5, 5.41) is 19.7. The van der Waals surface area contributed by atoms with Gasteiger partial charge in [-0.15, -0.1) is 12.4 Å². The van der Waals surface area contributed by atoms with Gasteiger partial charge in [-0.1, -0.05) is 31.4 Å². The Kier molecular flexibility index (Phi) is 5.93. The van der Waals surface area contributed by atoms with Crippen LogP contribution in [0, 0.1) is 5.92 Å². The molecule has 0 aromatic heterocycles. The molecule has 0 aliphatic heterocycles. The Morgan fingerprint density at radius 2 is 1.83 bits per heavy atom. The first-order valence-corrected chi connectivity index (χ1v) is 6.41. The molecule has 0 amide bonds. The molecule has 1 aliphatic rings. The van der Waals surface area contributed by atoms with Gasteiger partial charge in [-0.25, -0.2) is 0 Å². The first kappa shape index (κ1) is 15.3. The average molecular weight is 272 g/mol. The van der Waals surface area contributed by atoms with Crippen LogP contribution in [-0.2, 0) is 0 Å². The number of hydrogen-bond donors (Lipinski definition) is 3. The zero-order valence-electron chi connectivity index (χ0n) is 10.5. The number of aliphatic hydroxyl groups excluding tert-OH is 1. The Morgan fingerprint density at radius 3 is 2.44 bits per heavy atom. The van der Waals surface area contributed by atoms with Crippen molar-refractivity contribution in [1.82, 2.24) is 0 Å². The zero-order valence-corrected chi connectivity index (χ0v) is 11.3. The maximum atomic E-state index is 10.3. The largest absolute Gasteiger partial charge is 0.508 e. The minimum atomic E-state index is -0.503. The second kappa shape index (κ2) is 6.98. The minimum absolute atomic E-state index is 0. The number of aliphatic hydroxyl groups is 1. The van der Waals surface area contributed by atoms with E-state index >= 15 is 0 Å². The third-order valence-corrected chi connectivity index (χ3v) is 3.76. The summed E-state index contributed by atoms with van der Waals surface area (Å²) >= 11 is 0. The van der Waals surface area contributed by atoms with Gasteiger partial charge in [0.05, 0.1) is 12.1 Å². The molecule has 1 aromatic rings. The van der Waals surface area contributed by atoms with Crippen molar-refractivity contribution in [3.05, 3.63) is 29.8 Å². The van der Waals surface area contributed by atoms with Gasteiger partial charge in [-0.2, -0.15) is 0 Å². The number of halogens is 1. The highest BCUT2D eigenvalue weighted by atomic mass is 35.5. The maximum absolute atomic E-state index is 10.3. The molecule has 4 N–H and O–H groups in total. The molecule has 0 unspecified atom stereocenters. The van der Waals surface area contributed by atoms with Crippen molar-refractivity contribution < 1.29 is 10.2 Å². The van der Waals surface area contributed by atoms with Crippen LogP contribution in [-0.4, -0.2) is 16.3 Å². The molecule has 102 valence electrons. The molecular weight excluding hydrogens is 250 g/mol. The highest BCUT2D eigenvalue weighted by molar-refractivity contribution is 5.85. The van der Waals surface area contributed by atoms with Gasteiger partial charge >= 0.3 is 0 Å². The molecule has 4 heteroatoms. The molecule has 3 nitrogen and oxygen atoms in total. The first-order valence-electron chi connectivity index (χ1n) is 6.41. The lowest BCUT2D eigenvalue weighted by Crippen LogP contribution is -2.34. The van der Waals surface area contributed by atoms with Gasteiger partial charge in [0.25, 0.3) is 0 Å². The molecule has 0 radical (unpaired) electrons. The second-order valence-electron chi connectivity index (χ2n) is 5.01. The lowest BCUT2D eigenvalue weighted by atomic mass is 9.81. The molecular formula is C14H22ClNO2. The van der Waals surface area contributed by atoms with Crippen molar-refractivity contribution in [2.45, 2.75) is 44.2 Å². The summed E-state index contributed by atoms with van der Waals surface area (Å²) in [5.74, 6) is 0.509. The maximum Gasteiger partial charge on any atom is 0.115 e. The molecule has 1 aromatic carbocycles. The monoisotopic (exact) mass is 271 g/mol. The summed E-state index contributed by atoms with van der Waals surface area (Å²) in [6.07, 6.45) is 5.27.